The number of guanidine groups is 1. The fourth-order valence-corrected chi connectivity index (χ4v) is 3.74. The van der Waals surface area contributed by atoms with Crippen molar-refractivity contribution in [2.75, 3.05) is 7.05 Å². The summed E-state index contributed by atoms with van der Waals surface area (Å²) >= 11 is 0. The molecule has 174 valence electrons. The minimum atomic E-state index is -0.730. The second kappa shape index (κ2) is 8.96. The van der Waals surface area contributed by atoms with Gasteiger partial charge in [0, 0.05) is 7.05 Å². The molecule has 1 unspecified atom stereocenters. The lowest BCUT2D eigenvalue weighted by atomic mass is 10.1. The third-order valence-corrected chi connectivity index (χ3v) is 5.11. The standard InChI is InChI=1S/C25H35N3O4/c1-24(2,3)31-22(29)26-21-27(7)20(18-14-15-18)19(16-13-17-11-9-8-10-12-17)28(21)23(30)32-25(4,5)6/h8-12,16,18,20H,13-15H2,1-7H3/b19-16-,26-21+. The summed E-state index contributed by atoms with van der Waals surface area (Å²) in [6.07, 6.45) is 3.57. The van der Waals surface area contributed by atoms with Crippen LogP contribution in [0.1, 0.15) is 59.9 Å². The number of carbonyl (C=O) groups excluding carboxylic acids is 2. The summed E-state index contributed by atoms with van der Waals surface area (Å²) in [5.41, 5.74) is 0.570. The number of hydrogen-bond acceptors (Lipinski definition) is 4. The number of carbonyl (C=O) groups is 2. The van der Waals surface area contributed by atoms with Crippen LogP contribution >= 0.6 is 0 Å². The van der Waals surface area contributed by atoms with Crippen LogP contribution in [-0.4, -0.2) is 52.2 Å². The summed E-state index contributed by atoms with van der Waals surface area (Å²) in [5, 5.41) is 0. The first kappa shape index (κ1) is 23.8. The van der Waals surface area contributed by atoms with Gasteiger partial charge in [0.05, 0.1) is 11.7 Å². The van der Waals surface area contributed by atoms with Crippen LogP contribution in [0, 0.1) is 5.92 Å². The van der Waals surface area contributed by atoms with Crippen LogP contribution in [0.25, 0.3) is 0 Å². The molecular weight excluding hydrogens is 406 g/mol. The van der Waals surface area contributed by atoms with E-state index in [1.807, 2.05) is 50.9 Å². The number of benzene rings is 1. The molecule has 1 aliphatic heterocycles. The molecular formula is C25H35N3O4. The average molecular weight is 442 g/mol. The van der Waals surface area contributed by atoms with Gasteiger partial charge in [-0.3, -0.25) is 0 Å². The van der Waals surface area contributed by atoms with Crippen molar-refractivity contribution in [2.45, 2.75) is 78.0 Å². The fourth-order valence-electron chi connectivity index (χ4n) is 3.74. The number of hydrogen-bond donors (Lipinski definition) is 0. The minimum Gasteiger partial charge on any atom is -0.443 e. The maximum absolute atomic E-state index is 13.3. The van der Waals surface area contributed by atoms with Gasteiger partial charge >= 0.3 is 12.2 Å². The Labute approximate surface area is 191 Å². The first-order valence-electron chi connectivity index (χ1n) is 11.2. The first-order valence-corrected chi connectivity index (χ1v) is 11.2. The fraction of sp³-hybridized carbons (Fsp3) is 0.560. The SMILES string of the molecule is CN1/C(=N\C(=O)OC(C)(C)C)N(C(=O)OC(C)(C)C)/C(=C\Cc2ccccc2)C1C1CC1. The second-order valence-corrected chi connectivity index (χ2v) is 10.4. The Morgan fingerprint density at radius 3 is 2.16 bits per heavy atom. The van der Waals surface area contributed by atoms with Crippen molar-refractivity contribution in [1.82, 2.24) is 9.80 Å². The number of ether oxygens (including phenoxy) is 2. The molecule has 7 heteroatoms. The Kier molecular flexibility index (Phi) is 6.67. The Hall–Kier alpha value is -2.83. The Bertz CT molecular complexity index is 905. The van der Waals surface area contributed by atoms with Crippen molar-refractivity contribution in [1.29, 1.82) is 0 Å². The number of likely N-dealkylation sites (N-methyl/N-ethyl adjacent to an activating group) is 1. The number of rotatable bonds is 3. The van der Waals surface area contributed by atoms with E-state index in [-0.39, 0.29) is 12.0 Å². The molecule has 0 aromatic heterocycles. The van der Waals surface area contributed by atoms with Gasteiger partial charge in [-0.25, -0.2) is 14.5 Å². The van der Waals surface area contributed by atoms with Gasteiger partial charge in [0.25, 0.3) is 0 Å². The first-order chi connectivity index (χ1) is 14.9. The molecule has 2 amide bonds. The van der Waals surface area contributed by atoms with Crippen LogP contribution in [0.3, 0.4) is 0 Å². The summed E-state index contributed by atoms with van der Waals surface area (Å²) in [4.78, 5) is 33.4. The summed E-state index contributed by atoms with van der Waals surface area (Å²) in [7, 11) is 1.87. The van der Waals surface area contributed by atoms with Crippen LogP contribution in [-0.2, 0) is 15.9 Å². The number of nitrogens with zero attached hydrogens (tertiary/aromatic N) is 3. The maximum Gasteiger partial charge on any atom is 0.437 e. The van der Waals surface area contributed by atoms with Crippen LogP contribution in [0.15, 0.2) is 47.1 Å². The van der Waals surface area contributed by atoms with E-state index in [0.29, 0.717) is 12.3 Å². The van der Waals surface area contributed by atoms with Crippen molar-refractivity contribution in [2.24, 2.45) is 10.9 Å². The van der Waals surface area contributed by atoms with E-state index in [9.17, 15) is 9.59 Å². The van der Waals surface area contributed by atoms with E-state index in [0.717, 1.165) is 24.1 Å². The Morgan fingerprint density at radius 2 is 1.62 bits per heavy atom. The van der Waals surface area contributed by atoms with Gasteiger partial charge < -0.3 is 14.4 Å². The molecule has 1 aliphatic carbocycles. The molecule has 7 nitrogen and oxygen atoms in total. The summed E-state index contributed by atoms with van der Waals surface area (Å²) in [6.45, 7) is 10.8. The molecule has 1 atom stereocenters. The van der Waals surface area contributed by atoms with Crippen molar-refractivity contribution in [3.05, 3.63) is 47.7 Å². The Morgan fingerprint density at radius 1 is 1.03 bits per heavy atom. The third-order valence-electron chi connectivity index (χ3n) is 5.11. The number of aliphatic imine (C=N–C) groups is 1. The minimum absolute atomic E-state index is 0.0487. The molecule has 3 rings (SSSR count). The molecule has 32 heavy (non-hydrogen) atoms. The predicted molar refractivity (Wildman–Crippen MR) is 124 cm³/mol. The van der Waals surface area contributed by atoms with E-state index in [4.69, 9.17) is 9.47 Å². The van der Waals surface area contributed by atoms with Crippen molar-refractivity contribution < 1.29 is 19.1 Å². The van der Waals surface area contributed by atoms with Crippen molar-refractivity contribution in [3.8, 4) is 0 Å². The largest absolute Gasteiger partial charge is 0.443 e. The van der Waals surface area contributed by atoms with Gasteiger partial charge in [-0.05, 0) is 72.3 Å². The zero-order chi connectivity index (χ0) is 23.7. The van der Waals surface area contributed by atoms with E-state index in [1.165, 1.54) is 4.90 Å². The van der Waals surface area contributed by atoms with Gasteiger partial charge in [0.15, 0.2) is 0 Å². The van der Waals surface area contributed by atoms with Crippen LogP contribution in [0.4, 0.5) is 9.59 Å². The highest BCUT2D eigenvalue weighted by Crippen LogP contribution is 2.43. The van der Waals surface area contributed by atoms with E-state index in [2.05, 4.69) is 23.2 Å². The van der Waals surface area contributed by atoms with E-state index >= 15 is 0 Å². The average Bonchev–Trinajstić information content (AvgIpc) is 3.44. The highest BCUT2D eigenvalue weighted by Gasteiger charge is 2.49. The molecule has 1 heterocycles. The quantitative estimate of drug-likeness (QED) is 0.631. The molecule has 1 saturated carbocycles. The van der Waals surface area contributed by atoms with Crippen LogP contribution < -0.4 is 0 Å². The molecule has 1 saturated heterocycles. The van der Waals surface area contributed by atoms with Gasteiger partial charge in [0.2, 0.25) is 5.96 Å². The molecule has 0 radical (unpaired) electrons. The molecule has 2 fully saturated rings. The molecule has 0 N–H and O–H groups in total. The van der Waals surface area contributed by atoms with Gasteiger partial charge in [-0.2, -0.15) is 0 Å². The molecule has 1 aromatic rings. The topological polar surface area (TPSA) is 71.4 Å². The normalized spacial score (nSPS) is 21.9. The number of allylic oxidation sites excluding steroid dienone is 1. The zero-order valence-electron chi connectivity index (χ0n) is 20.2. The van der Waals surface area contributed by atoms with Crippen LogP contribution in [0.2, 0.25) is 0 Å². The molecule has 2 aliphatic rings. The molecule has 0 spiro atoms. The summed E-state index contributed by atoms with van der Waals surface area (Å²) in [5.74, 6) is 0.642. The summed E-state index contributed by atoms with van der Waals surface area (Å²) in [6, 6.07) is 10.0. The molecule has 1 aromatic carbocycles. The lowest BCUT2D eigenvalue weighted by Crippen LogP contribution is -2.40. The Balaban J connectivity index is 2.02. The highest BCUT2D eigenvalue weighted by atomic mass is 16.6. The molecule has 0 bridgehead atoms. The maximum atomic E-state index is 13.3. The highest BCUT2D eigenvalue weighted by molar-refractivity contribution is 6.03. The smallest absolute Gasteiger partial charge is 0.437 e. The van der Waals surface area contributed by atoms with E-state index in [1.54, 1.807) is 20.8 Å². The second-order valence-electron chi connectivity index (χ2n) is 10.4. The van der Waals surface area contributed by atoms with Gasteiger partial charge in [-0.15, -0.1) is 4.99 Å². The van der Waals surface area contributed by atoms with Gasteiger partial charge in [-0.1, -0.05) is 36.4 Å². The van der Waals surface area contributed by atoms with Gasteiger partial charge in [0.1, 0.15) is 11.2 Å². The lowest BCUT2D eigenvalue weighted by Gasteiger charge is -2.25. The zero-order valence-corrected chi connectivity index (χ0v) is 20.2. The van der Waals surface area contributed by atoms with Crippen LogP contribution in [0.5, 0.6) is 0 Å². The number of amides is 2. The lowest BCUT2D eigenvalue weighted by molar-refractivity contribution is 0.0413. The van der Waals surface area contributed by atoms with Crippen molar-refractivity contribution >= 4 is 18.1 Å². The predicted octanol–water partition coefficient (Wildman–Crippen LogP) is 5.37. The monoisotopic (exact) mass is 441 g/mol. The van der Waals surface area contributed by atoms with E-state index < -0.39 is 23.4 Å². The summed E-state index contributed by atoms with van der Waals surface area (Å²) < 4.78 is 11.1. The van der Waals surface area contributed by atoms with Crippen molar-refractivity contribution in [3.63, 3.8) is 0 Å². The third kappa shape index (κ3) is 6.11.